The van der Waals surface area contributed by atoms with Crippen LogP contribution in [0.3, 0.4) is 0 Å². The van der Waals surface area contributed by atoms with E-state index >= 15 is 0 Å². The molecule has 2 N–H and O–H groups in total. The Balaban J connectivity index is 2.20. The van der Waals surface area contributed by atoms with Gasteiger partial charge >= 0.3 is 0 Å². The molecule has 0 spiro atoms. The van der Waals surface area contributed by atoms with Gasteiger partial charge in [0, 0.05) is 5.69 Å². The number of halogens is 1. The van der Waals surface area contributed by atoms with Crippen molar-refractivity contribution in [3.05, 3.63) is 29.1 Å². The van der Waals surface area contributed by atoms with Gasteiger partial charge < -0.3 is 9.80 Å². The molecule has 1 aromatic carbocycles. The van der Waals surface area contributed by atoms with Crippen molar-refractivity contribution in [1.29, 1.82) is 0 Å². The van der Waals surface area contributed by atoms with E-state index in [1.165, 1.54) is 25.0 Å². The van der Waals surface area contributed by atoms with E-state index in [0.29, 0.717) is 4.48 Å². The van der Waals surface area contributed by atoms with Crippen LogP contribution in [-0.4, -0.2) is 43.7 Å². The summed E-state index contributed by atoms with van der Waals surface area (Å²) in [7, 11) is 3.99. The third kappa shape index (κ3) is 4.09. The van der Waals surface area contributed by atoms with E-state index in [0.717, 1.165) is 42.7 Å². The number of hydrogen-bond acceptors (Lipinski definition) is 2. The highest BCUT2D eigenvalue weighted by Gasteiger charge is 2.37. The lowest BCUT2D eigenvalue weighted by molar-refractivity contribution is -0.926. The summed E-state index contributed by atoms with van der Waals surface area (Å²) in [6, 6.07) is 2.92. The summed E-state index contributed by atoms with van der Waals surface area (Å²) in [4.78, 5) is 12.9. The fourth-order valence-electron chi connectivity index (χ4n) is 3.69. The second kappa shape index (κ2) is 7.41. The number of aryl methyl sites for hydroxylation is 2. The SMILES string of the molecule is CNC(C(=O)Nc1c(C)cc(F)cc1C)[N+]1(C)CCCCCC1. The highest BCUT2D eigenvalue weighted by Crippen LogP contribution is 2.24. The predicted molar refractivity (Wildman–Crippen MR) is 91.7 cm³/mol. The summed E-state index contributed by atoms with van der Waals surface area (Å²) in [6.07, 6.45) is 4.48. The lowest BCUT2D eigenvalue weighted by atomic mass is 10.1. The summed E-state index contributed by atoms with van der Waals surface area (Å²) < 4.78 is 14.1. The van der Waals surface area contributed by atoms with Gasteiger partial charge in [0.05, 0.1) is 20.1 Å². The smallest absolute Gasteiger partial charge is 0.298 e. The molecule has 23 heavy (non-hydrogen) atoms. The number of carbonyl (C=O) groups is 1. The minimum atomic E-state index is -0.294. The maximum atomic E-state index is 13.4. The average Bonchev–Trinajstić information content (AvgIpc) is 2.69. The van der Waals surface area contributed by atoms with E-state index in [1.807, 2.05) is 20.9 Å². The van der Waals surface area contributed by atoms with Gasteiger partial charge in [-0.1, -0.05) is 0 Å². The highest BCUT2D eigenvalue weighted by atomic mass is 19.1. The van der Waals surface area contributed by atoms with E-state index in [4.69, 9.17) is 0 Å². The van der Waals surface area contributed by atoms with E-state index in [-0.39, 0.29) is 17.9 Å². The molecule has 0 bridgehead atoms. The van der Waals surface area contributed by atoms with Crippen LogP contribution in [-0.2, 0) is 4.79 Å². The molecule has 1 aliphatic heterocycles. The zero-order valence-corrected chi connectivity index (χ0v) is 14.7. The molecule has 0 aromatic heterocycles. The zero-order valence-electron chi connectivity index (χ0n) is 14.7. The van der Waals surface area contributed by atoms with Gasteiger partial charge in [0.25, 0.3) is 5.91 Å². The third-order valence-corrected chi connectivity index (χ3v) is 4.98. The van der Waals surface area contributed by atoms with Crippen LogP contribution in [0.5, 0.6) is 0 Å². The standard InChI is InChI=1S/C18H28FN3O/c1-13-11-15(19)12-14(2)16(13)21-18(23)17(20-3)22(4)9-7-5-6-8-10-22/h11-12,17,20H,5-10H2,1-4H3/p+1. The maximum Gasteiger partial charge on any atom is 0.298 e. The van der Waals surface area contributed by atoms with Crippen molar-refractivity contribution in [3.63, 3.8) is 0 Å². The third-order valence-electron chi connectivity index (χ3n) is 4.98. The van der Waals surface area contributed by atoms with E-state index in [1.54, 1.807) is 0 Å². The Kier molecular flexibility index (Phi) is 5.76. The number of benzene rings is 1. The number of likely N-dealkylation sites (N-methyl/N-ethyl adjacent to an activating group) is 2. The van der Waals surface area contributed by atoms with Crippen LogP contribution < -0.4 is 10.6 Å². The fraction of sp³-hybridized carbons (Fsp3) is 0.611. The molecular weight excluding hydrogens is 293 g/mol. The Bertz CT molecular complexity index is 542. The maximum absolute atomic E-state index is 13.4. The van der Waals surface area contributed by atoms with Gasteiger partial charge in [-0.2, -0.15) is 0 Å². The molecule has 1 amide bonds. The first-order valence-electron chi connectivity index (χ1n) is 8.46. The van der Waals surface area contributed by atoms with Crippen molar-refractivity contribution in [2.75, 3.05) is 32.5 Å². The van der Waals surface area contributed by atoms with Crippen LogP contribution in [0, 0.1) is 19.7 Å². The Labute approximate surface area is 138 Å². The van der Waals surface area contributed by atoms with Crippen molar-refractivity contribution in [2.45, 2.75) is 45.7 Å². The summed E-state index contributed by atoms with van der Waals surface area (Å²) in [6.45, 7) is 5.64. The molecule has 1 heterocycles. The van der Waals surface area contributed by atoms with E-state index in [2.05, 4.69) is 17.7 Å². The van der Waals surface area contributed by atoms with Crippen molar-refractivity contribution in [3.8, 4) is 0 Å². The van der Waals surface area contributed by atoms with Crippen LogP contribution in [0.2, 0.25) is 0 Å². The Morgan fingerprint density at radius 1 is 1.13 bits per heavy atom. The predicted octanol–water partition coefficient (Wildman–Crippen LogP) is 2.95. The van der Waals surface area contributed by atoms with Crippen LogP contribution in [0.25, 0.3) is 0 Å². The van der Waals surface area contributed by atoms with Crippen molar-refractivity contribution < 1.29 is 13.7 Å². The van der Waals surface area contributed by atoms with Gasteiger partial charge in [0.1, 0.15) is 5.82 Å². The number of likely N-dealkylation sites (tertiary alicyclic amines) is 1. The zero-order chi connectivity index (χ0) is 17.0. The van der Waals surface area contributed by atoms with Crippen LogP contribution >= 0.6 is 0 Å². The van der Waals surface area contributed by atoms with Gasteiger partial charge in [-0.3, -0.25) is 10.1 Å². The summed E-state index contributed by atoms with van der Waals surface area (Å²) in [5, 5.41) is 6.21. The number of nitrogens with one attached hydrogen (secondary N) is 2. The minimum absolute atomic E-state index is 0.0466. The van der Waals surface area contributed by atoms with E-state index in [9.17, 15) is 9.18 Å². The van der Waals surface area contributed by atoms with Gasteiger partial charge in [0.15, 0.2) is 0 Å². The number of anilines is 1. The normalized spacial score (nSPS) is 19.0. The largest absolute Gasteiger partial charge is 0.319 e. The first-order valence-corrected chi connectivity index (χ1v) is 8.46. The first kappa shape index (κ1) is 17.9. The monoisotopic (exact) mass is 322 g/mol. The molecule has 1 saturated heterocycles. The molecule has 0 saturated carbocycles. The van der Waals surface area contributed by atoms with Crippen molar-refractivity contribution >= 4 is 11.6 Å². The molecule has 5 heteroatoms. The van der Waals surface area contributed by atoms with Crippen molar-refractivity contribution in [2.24, 2.45) is 0 Å². The molecule has 128 valence electrons. The minimum Gasteiger partial charge on any atom is -0.319 e. The van der Waals surface area contributed by atoms with Gasteiger partial charge in [-0.15, -0.1) is 0 Å². The first-order chi connectivity index (χ1) is 10.9. The number of carbonyl (C=O) groups excluding carboxylic acids is 1. The van der Waals surface area contributed by atoms with Gasteiger partial charge in [-0.05, 0) is 69.8 Å². The van der Waals surface area contributed by atoms with Crippen LogP contribution in [0.1, 0.15) is 36.8 Å². The number of amides is 1. The molecule has 1 fully saturated rings. The molecule has 1 aliphatic rings. The number of hydrogen-bond donors (Lipinski definition) is 2. The molecule has 0 aliphatic carbocycles. The second-order valence-electron chi connectivity index (χ2n) is 6.94. The quantitative estimate of drug-likeness (QED) is 0.837. The summed E-state index contributed by atoms with van der Waals surface area (Å²) >= 11 is 0. The Morgan fingerprint density at radius 3 is 2.13 bits per heavy atom. The van der Waals surface area contributed by atoms with E-state index < -0.39 is 0 Å². The molecule has 2 rings (SSSR count). The Hall–Kier alpha value is -1.46. The fourth-order valence-corrected chi connectivity index (χ4v) is 3.69. The molecule has 1 aromatic rings. The lowest BCUT2D eigenvalue weighted by Gasteiger charge is -2.39. The highest BCUT2D eigenvalue weighted by molar-refractivity contribution is 5.95. The number of rotatable bonds is 4. The molecule has 1 unspecified atom stereocenters. The van der Waals surface area contributed by atoms with Crippen molar-refractivity contribution in [1.82, 2.24) is 5.32 Å². The average molecular weight is 322 g/mol. The molecule has 4 nitrogen and oxygen atoms in total. The summed E-state index contributed by atoms with van der Waals surface area (Å²) in [5.74, 6) is -0.315. The Morgan fingerprint density at radius 2 is 1.65 bits per heavy atom. The number of quaternary nitrogens is 1. The number of nitrogens with zero attached hydrogens (tertiary/aromatic N) is 1. The summed E-state index contributed by atoms with van der Waals surface area (Å²) in [5.41, 5.74) is 2.23. The lowest BCUT2D eigenvalue weighted by Crippen LogP contribution is -2.63. The molecule has 0 radical (unpaired) electrons. The van der Waals surface area contributed by atoms with Gasteiger partial charge in [-0.25, -0.2) is 4.39 Å². The molecular formula is C18H29FN3O+. The van der Waals surface area contributed by atoms with Gasteiger partial charge in [0.2, 0.25) is 6.17 Å². The van der Waals surface area contributed by atoms with Crippen LogP contribution in [0.15, 0.2) is 12.1 Å². The second-order valence-corrected chi connectivity index (χ2v) is 6.94. The molecule has 1 atom stereocenters. The van der Waals surface area contributed by atoms with Crippen LogP contribution in [0.4, 0.5) is 10.1 Å². The topological polar surface area (TPSA) is 41.1 Å².